The average molecular weight is 460 g/mol. The molecule has 1 amide bonds. The standard InChI is InChI=1S/C23H29N3O5S/c1-17-7-8-20(15-22(17)32(28,29)26-10-12-30-13-11-26)24-23(27)18(2)25-9-14-31-21-6-4-3-5-19(21)16-25/h3-8,15,18H,9-14,16H2,1-2H3,(H,24,27). The summed E-state index contributed by atoms with van der Waals surface area (Å²) in [5.41, 5.74) is 2.15. The van der Waals surface area contributed by atoms with Crippen LogP contribution in [-0.4, -0.2) is 69.0 Å². The minimum atomic E-state index is -3.65. The lowest BCUT2D eigenvalue weighted by Gasteiger charge is -2.27. The number of rotatable bonds is 5. The molecular formula is C23H29N3O5S. The molecule has 0 saturated carbocycles. The number of carbonyl (C=O) groups is 1. The first-order valence-electron chi connectivity index (χ1n) is 10.8. The Morgan fingerprint density at radius 3 is 2.59 bits per heavy atom. The Morgan fingerprint density at radius 1 is 1.06 bits per heavy atom. The Hall–Kier alpha value is -2.46. The second-order valence-electron chi connectivity index (χ2n) is 8.09. The molecule has 9 heteroatoms. The highest BCUT2D eigenvalue weighted by Crippen LogP contribution is 2.26. The van der Waals surface area contributed by atoms with Crippen molar-refractivity contribution >= 4 is 21.6 Å². The number of para-hydroxylation sites is 1. The SMILES string of the molecule is Cc1ccc(NC(=O)C(C)N2CCOc3ccccc3C2)cc1S(=O)(=O)N1CCOCC1. The maximum Gasteiger partial charge on any atom is 0.243 e. The lowest BCUT2D eigenvalue weighted by Crippen LogP contribution is -2.42. The number of ether oxygens (including phenoxy) is 2. The van der Waals surface area contributed by atoms with Gasteiger partial charge in [-0.15, -0.1) is 0 Å². The predicted molar refractivity (Wildman–Crippen MR) is 121 cm³/mol. The van der Waals surface area contributed by atoms with Crippen molar-refractivity contribution in [3.05, 3.63) is 53.6 Å². The molecule has 2 aliphatic heterocycles. The second kappa shape index (κ2) is 9.58. The summed E-state index contributed by atoms with van der Waals surface area (Å²) in [5, 5.41) is 2.90. The molecule has 2 aromatic carbocycles. The van der Waals surface area contributed by atoms with E-state index in [2.05, 4.69) is 10.2 Å². The van der Waals surface area contributed by atoms with E-state index in [0.717, 1.165) is 11.3 Å². The van der Waals surface area contributed by atoms with Gasteiger partial charge in [0.25, 0.3) is 0 Å². The summed E-state index contributed by atoms with van der Waals surface area (Å²) < 4.78 is 38.7. The molecule has 0 aromatic heterocycles. The number of amides is 1. The molecule has 1 unspecified atom stereocenters. The van der Waals surface area contributed by atoms with E-state index >= 15 is 0 Å². The number of sulfonamides is 1. The largest absolute Gasteiger partial charge is 0.492 e. The summed E-state index contributed by atoms with van der Waals surface area (Å²) in [6.07, 6.45) is 0. The summed E-state index contributed by atoms with van der Waals surface area (Å²) in [5.74, 6) is 0.655. The summed E-state index contributed by atoms with van der Waals surface area (Å²) in [7, 11) is -3.65. The van der Waals surface area contributed by atoms with Gasteiger partial charge in [-0.3, -0.25) is 9.69 Å². The highest BCUT2D eigenvalue weighted by Gasteiger charge is 2.29. The van der Waals surface area contributed by atoms with E-state index in [4.69, 9.17) is 9.47 Å². The molecule has 2 aliphatic rings. The van der Waals surface area contributed by atoms with Crippen LogP contribution in [0.5, 0.6) is 5.75 Å². The van der Waals surface area contributed by atoms with E-state index in [-0.39, 0.29) is 10.8 Å². The van der Waals surface area contributed by atoms with Gasteiger partial charge in [0.05, 0.1) is 24.2 Å². The minimum Gasteiger partial charge on any atom is -0.492 e. The third kappa shape index (κ3) is 4.80. The Bertz CT molecular complexity index is 1080. The summed E-state index contributed by atoms with van der Waals surface area (Å²) in [6.45, 7) is 6.76. The Balaban J connectivity index is 1.49. The zero-order chi connectivity index (χ0) is 22.7. The summed E-state index contributed by atoms with van der Waals surface area (Å²) >= 11 is 0. The van der Waals surface area contributed by atoms with Crippen molar-refractivity contribution in [2.75, 3.05) is 44.8 Å². The van der Waals surface area contributed by atoms with Gasteiger partial charge in [0.1, 0.15) is 12.4 Å². The quantitative estimate of drug-likeness (QED) is 0.738. The van der Waals surface area contributed by atoms with Crippen LogP contribution in [0.4, 0.5) is 5.69 Å². The van der Waals surface area contributed by atoms with Gasteiger partial charge in [0.2, 0.25) is 15.9 Å². The topological polar surface area (TPSA) is 88.2 Å². The highest BCUT2D eigenvalue weighted by atomic mass is 32.2. The highest BCUT2D eigenvalue weighted by molar-refractivity contribution is 7.89. The molecule has 0 aliphatic carbocycles. The lowest BCUT2D eigenvalue weighted by molar-refractivity contribution is -0.121. The summed E-state index contributed by atoms with van der Waals surface area (Å²) in [4.78, 5) is 15.3. The zero-order valence-corrected chi connectivity index (χ0v) is 19.2. The van der Waals surface area contributed by atoms with Crippen molar-refractivity contribution in [3.8, 4) is 5.75 Å². The number of carbonyl (C=O) groups excluding carboxylic acids is 1. The van der Waals surface area contributed by atoms with Crippen LogP contribution in [-0.2, 0) is 26.1 Å². The van der Waals surface area contributed by atoms with E-state index < -0.39 is 16.1 Å². The monoisotopic (exact) mass is 459 g/mol. The number of nitrogens with zero attached hydrogens (tertiary/aromatic N) is 2. The third-order valence-corrected chi connectivity index (χ3v) is 7.99. The first-order valence-corrected chi connectivity index (χ1v) is 12.2. The van der Waals surface area contributed by atoms with E-state index in [1.165, 1.54) is 4.31 Å². The smallest absolute Gasteiger partial charge is 0.243 e. The van der Waals surface area contributed by atoms with Crippen molar-refractivity contribution < 1.29 is 22.7 Å². The first kappa shape index (κ1) is 22.7. The number of hydrogen-bond acceptors (Lipinski definition) is 6. The molecule has 172 valence electrons. The van der Waals surface area contributed by atoms with E-state index in [1.54, 1.807) is 25.1 Å². The molecule has 0 radical (unpaired) electrons. The molecular weight excluding hydrogens is 430 g/mol. The van der Waals surface area contributed by atoms with Crippen molar-refractivity contribution in [2.45, 2.75) is 31.3 Å². The van der Waals surface area contributed by atoms with Gasteiger partial charge in [-0.25, -0.2) is 8.42 Å². The third-order valence-electron chi connectivity index (χ3n) is 5.95. The fourth-order valence-electron chi connectivity index (χ4n) is 3.97. The minimum absolute atomic E-state index is 0.192. The van der Waals surface area contributed by atoms with Gasteiger partial charge in [-0.05, 0) is 37.6 Å². The number of nitrogens with one attached hydrogen (secondary N) is 1. The average Bonchev–Trinajstić information content (AvgIpc) is 3.03. The van der Waals surface area contributed by atoms with Gasteiger partial charge in [-0.1, -0.05) is 24.3 Å². The molecule has 1 fully saturated rings. The van der Waals surface area contributed by atoms with Gasteiger partial charge in [0.15, 0.2) is 0 Å². The molecule has 1 atom stereocenters. The Kier molecular flexibility index (Phi) is 6.80. The molecule has 4 rings (SSSR count). The van der Waals surface area contributed by atoms with Crippen LogP contribution < -0.4 is 10.1 Å². The molecule has 0 bridgehead atoms. The van der Waals surface area contributed by atoms with Gasteiger partial charge in [-0.2, -0.15) is 4.31 Å². The number of hydrogen-bond donors (Lipinski definition) is 1. The first-order chi connectivity index (χ1) is 15.4. The van der Waals surface area contributed by atoms with Crippen molar-refractivity contribution in [2.24, 2.45) is 0 Å². The van der Waals surface area contributed by atoms with Crippen LogP contribution in [0.2, 0.25) is 0 Å². The van der Waals surface area contributed by atoms with E-state index in [9.17, 15) is 13.2 Å². The van der Waals surface area contributed by atoms with Crippen LogP contribution in [0, 0.1) is 6.92 Å². The number of anilines is 1. The molecule has 2 heterocycles. The van der Waals surface area contributed by atoms with Gasteiger partial charge < -0.3 is 14.8 Å². The molecule has 32 heavy (non-hydrogen) atoms. The van der Waals surface area contributed by atoms with Crippen molar-refractivity contribution in [1.29, 1.82) is 0 Å². The Morgan fingerprint density at radius 2 is 1.81 bits per heavy atom. The van der Waals surface area contributed by atoms with E-state index in [1.807, 2.05) is 31.2 Å². The van der Waals surface area contributed by atoms with Crippen LogP contribution in [0.25, 0.3) is 0 Å². The van der Waals surface area contributed by atoms with Crippen LogP contribution in [0.1, 0.15) is 18.1 Å². The van der Waals surface area contributed by atoms with Crippen molar-refractivity contribution in [3.63, 3.8) is 0 Å². The number of aryl methyl sites for hydroxylation is 1. The molecule has 1 N–H and O–H groups in total. The fourth-order valence-corrected chi connectivity index (χ4v) is 5.63. The molecule has 0 spiro atoms. The van der Waals surface area contributed by atoms with Gasteiger partial charge >= 0.3 is 0 Å². The zero-order valence-electron chi connectivity index (χ0n) is 18.4. The van der Waals surface area contributed by atoms with Gasteiger partial charge in [0, 0.05) is 37.4 Å². The van der Waals surface area contributed by atoms with Crippen molar-refractivity contribution in [1.82, 2.24) is 9.21 Å². The lowest BCUT2D eigenvalue weighted by atomic mass is 10.1. The van der Waals surface area contributed by atoms with Crippen LogP contribution in [0.3, 0.4) is 0 Å². The second-order valence-corrected chi connectivity index (χ2v) is 9.99. The number of morpholine rings is 1. The fraction of sp³-hybridized carbons (Fsp3) is 0.435. The molecule has 2 aromatic rings. The van der Waals surface area contributed by atoms with Crippen LogP contribution in [0.15, 0.2) is 47.4 Å². The maximum absolute atomic E-state index is 13.1. The molecule has 8 nitrogen and oxygen atoms in total. The Labute approximate surface area is 189 Å². The summed E-state index contributed by atoms with van der Waals surface area (Å²) in [6, 6.07) is 12.4. The normalized spacial score (nSPS) is 18.8. The van der Waals surface area contributed by atoms with E-state index in [0.29, 0.717) is 57.3 Å². The number of fused-ring (bicyclic) bond motifs is 1. The molecule has 1 saturated heterocycles. The maximum atomic E-state index is 13.1. The van der Waals surface area contributed by atoms with Crippen LogP contribution >= 0.6 is 0 Å². The predicted octanol–water partition coefficient (Wildman–Crippen LogP) is 2.24. The number of benzene rings is 2.